The molecule has 0 aliphatic carbocycles. The summed E-state index contributed by atoms with van der Waals surface area (Å²) in [7, 11) is -3.38. The molecule has 0 radical (unpaired) electrons. The van der Waals surface area contributed by atoms with Crippen LogP contribution in [-0.2, 0) is 64.6 Å². The SMILES string of the molecule is CCCCCCCC[N+](CCCCCCCC)(C(C)OCCC)C(C)(OCCC)c1c(OB(Oc2cc(C(F)(F)F)cc(C(F)(F)F)c2)Oc2cc(C(F)(F)F)cc(C(F)(F)F)c2)cc(C(F)(F)F)cc1C(F)(F)F.FC(F)(F)c1c[c-]cc(C(F)(F)F)c1. The molecule has 89 heavy (non-hydrogen) atoms. The zero-order chi connectivity index (χ0) is 67.8. The molecule has 0 N–H and O–H groups in total. The van der Waals surface area contributed by atoms with Gasteiger partial charge in [0.1, 0.15) is 17.2 Å². The van der Waals surface area contributed by atoms with E-state index in [1.54, 1.807) is 19.9 Å². The maximum Gasteiger partial charge on any atom is 0.864 e. The van der Waals surface area contributed by atoms with E-state index in [4.69, 9.17) is 23.4 Å². The van der Waals surface area contributed by atoms with E-state index in [0.29, 0.717) is 44.2 Å². The van der Waals surface area contributed by atoms with Crippen LogP contribution in [0.5, 0.6) is 17.2 Å². The van der Waals surface area contributed by atoms with E-state index in [0.717, 1.165) is 45.4 Å². The normalized spacial score (nSPS) is 14.2. The first kappa shape index (κ1) is 77.8. The van der Waals surface area contributed by atoms with Gasteiger partial charge >= 0.3 is 56.7 Å². The van der Waals surface area contributed by atoms with Gasteiger partial charge in [0.25, 0.3) is 0 Å². The van der Waals surface area contributed by atoms with Gasteiger partial charge in [0.15, 0.2) is 6.23 Å². The molecule has 4 rings (SSSR count). The van der Waals surface area contributed by atoms with Crippen molar-refractivity contribution in [3.63, 3.8) is 0 Å². The first-order valence-corrected chi connectivity index (χ1v) is 28.0. The van der Waals surface area contributed by atoms with Crippen LogP contribution in [0.4, 0.5) is 105 Å². The highest BCUT2D eigenvalue weighted by Crippen LogP contribution is 2.52. The predicted octanol–water partition coefficient (Wildman–Crippen LogP) is 21.8. The van der Waals surface area contributed by atoms with Gasteiger partial charge in [-0.1, -0.05) is 90.2 Å². The molecular weight excluding hydrogens is 1260 g/mol. The number of nitrogens with zero attached hydrogens (tertiary/aromatic N) is 1. The lowest BCUT2D eigenvalue weighted by molar-refractivity contribution is -1.04. The average Bonchev–Trinajstić information content (AvgIpc) is 0.722. The van der Waals surface area contributed by atoms with Gasteiger partial charge in [-0.2, -0.15) is 124 Å². The van der Waals surface area contributed by atoms with Crippen molar-refractivity contribution < 1.29 is 133 Å². The van der Waals surface area contributed by atoms with Gasteiger partial charge in [0.2, 0.25) is 5.72 Å². The maximum atomic E-state index is 15.9. The molecule has 0 aliphatic heterocycles. The van der Waals surface area contributed by atoms with Crippen LogP contribution < -0.4 is 14.0 Å². The number of unbranched alkanes of at least 4 members (excludes halogenated alkanes) is 10. The number of hydrogen-bond donors (Lipinski definition) is 0. The van der Waals surface area contributed by atoms with Crippen molar-refractivity contribution in [2.24, 2.45) is 0 Å². The molecule has 0 heterocycles. The minimum Gasteiger partial charge on any atom is -0.490 e. The molecular formula is C58H66BF24NO5. The third-order valence-electron chi connectivity index (χ3n) is 14.0. The van der Waals surface area contributed by atoms with Gasteiger partial charge in [-0.25, -0.2) is 0 Å². The van der Waals surface area contributed by atoms with Crippen LogP contribution in [-0.4, -0.2) is 44.3 Å². The number of quaternary nitrogens is 1. The highest BCUT2D eigenvalue weighted by molar-refractivity contribution is 6.39. The summed E-state index contributed by atoms with van der Waals surface area (Å²) in [5, 5.41) is 0. The summed E-state index contributed by atoms with van der Waals surface area (Å²) in [6.07, 6.45) is -36.6. The number of benzene rings is 4. The Labute approximate surface area is 498 Å². The molecule has 4 aromatic rings. The molecule has 0 saturated heterocycles. The number of halogens is 24. The highest BCUT2D eigenvalue weighted by atomic mass is 19.4. The van der Waals surface area contributed by atoms with Gasteiger partial charge in [0.05, 0.1) is 65.2 Å². The summed E-state index contributed by atoms with van der Waals surface area (Å²) in [6.45, 7) is 9.24. The molecule has 2 unspecified atom stereocenters. The van der Waals surface area contributed by atoms with Gasteiger partial charge in [-0.3, -0.25) is 4.48 Å². The second-order valence-corrected chi connectivity index (χ2v) is 20.8. The van der Waals surface area contributed by atoms with E-state index >= 15 is 13.2 Å². The Morgan fingerprint density at radius 2 is 0.730 bits per heavy atom. The zero-order valence-corrected chi connectivity index (χ0v) is 48.8. The Morgan fingerprint density at radius 3 is 1.07 bits per heavy atom. The maximum absolute atomic E-state index is 15.9. The van der Waals surface area contributed by atoms with Crippen molar-refractivity contribution in [3.8, 4) is 17.2 Å². The summed E-state index contributed by atoms with van der Waals surface area (Å²) >= 11 is 0. The zero-order valence-electron chi connectivity index (χ0n) is 48.8. The minimum atomic E-state index is -5.81. The largest absolute Gasteiger partial charge is 0.864 e. The fraction of sp³-hybridized carbons (Fsp3) is 0.586. The third kappa shape index (κ3) is 23.0. The first-order valence-electron chi connectivity index (χ1n) is 28.0. The van der Waals surface area contributed by atoms with Gasteiger partial charge < -0.3 is 23.4 Å². The predicted molar refractivity (Wildman–Crippen MR) is 278 cm³/mol. The van der Waals surface area contributed by atoms with Crippen molar-refractivity contribution in [1.82, 2.24) is 0 Å². The molecule has 0 bridgehead atoms. The van der Waals surface area contributed by atoms with Gasteiger partial charge in [-0.05, 0) is 87.1 Å². The van der Waals surface area contributed by atoms with E-state index in [-0.39, 0.29) is 81.4 Å². The molecule has 4 aromatic carbocycles. The molecule has 0 fully saturated rings. The smallest absolute Gasteiger partial charge is 0.490 e. The lowest BCUT2D eigenvalue weighted by Crippen LogP contribution is -2.68. The molecule has 0 amide bonds. The summed E-state index contributed by atoms with van der Waals surface area (Å²) in [4.78, 5) is 0. The molecule has 0 aliphatic rings. The Morgan fingerprint density at radius 1 is 0.393 bits per heavy atom. The summed E-state index contributed by atoms with van der Waals surface area (Å²) in [5.74, 6) is -4.82. The topological polar surface area (TPSA) is 46.2 Å². The van der Waals surface area contributed by atoms with Crippen molar-refractivity contribution in [3.05, 3.63) is 123 Å². The monoisotopic (exact) mass is 1320 g/mol. The van der Waals surface area contributed by atoms with Crippen molar-refractivity contribution in [1.29, 1.82) is 0 Å². The van der Waals surface area contributed by atoms with Crippen molar-refractivity contribution >= 4 is 7.32 Å². The van der Waals surface area contributed by atoms with Crippen LogP contribution in [0.25, 0.3) is 0 Å². The Balaban J connectivity index is 0.00000129. The summed E-state index contributed by atoms with van der Waals surface area (Å²) in [6, 6.07) is 1.05. The number of rotatable bonds is 29. The lowest BCUT2D eigenvalue weighted by atomic mass is 9.88. The second kappa shape index (κ2) is 31.7. The number of alkyl halides is 24. The third-order valence-corrected chi connectivity index (χ3v) is 14.0. The first-order chi connectivity index (χ1) is 40.8. The second-order valence-electron chi connectivity index (χ2n) is 20.8. The molecule has 31 heteroatoms. The van der Waals surface area contributed by atoms with Crippen LogP contribution in [0, 0.1) is 6.07 Å². The average molecular weight is 1320 g/mol. The minimum absolute atomic E-state index is 0.00190. The Hall–Kier alpha value is -5.46. The molecule has 2 atom stereocenters. The van der Waals surface area contributed by atoms with Gasteiger partial charge in [-0.15, -0.1) is 6.07 Å². The Kier molecular flexibility index (Phi) is 27.7. The molecule has 504 valence electrons. The van der Waals surface area contributed by atoms with Crippen LogP contribution in [0.2, 0.25) is 0 Å². The molecule has 6 nitrogen and oxygen atoms in total. The van der Waals surface area contributed by atoms with Crippen LogP contribution in [0.15, 0.2) is 66.7 Å². The van der Waals surface area contributed by atoms with E-state index in [9.17, 15) is 92.2 Å². The fourth-order valence-corrected chi connectivity index (χ4v) is 9.51. The van der Waals surface area contributed by atoms with E-state index < -0.39 is 159 Å². The summed E-state index contributed by atoms with van der Waals surface area (Å²) < 4.78 is 362. The fourth-order valence-electron chi connectivity index (χ4n) is 9.51. The number of hydrogen-bond acceptors (Lipinski definition) is 5. The molecule has 0 aromatic heterocycles. The van der Waals surface area contributed by atoms with E-state index in [1.165, 1.54) is 6.92 Å². The molecule has 0 spiro atoms. The van der Waals surface area contributed by atoms with Crippen molar-refractivity contribution in [2.45, 2.75) is 193 Å². The quantitative estimate of drug-likeness (QED) is 0.0135. The van der Waals surface area contributed by atoms with E-state index in [1.807, 2.05) is 13.8 Å². The van der Waals surface area contributed by atoms with Crippen molar-refractivity contribution in [2.75, 3.05) is 26.3 Å². The number of ether oxygens (including phenoxy) is 2. The van der Waals surface area contributed by atoms with Gasteiger partial charge in [0, 0.05) is 13.8 Å². The van der Waals surface area contributed by atoms with E-state index in [2.05, 4.69) is 0 Å². The van der Waals surface area contributed by atoms with Crippen LogP contribution in [0.1, 0.15) is 182 Å². The van der Waals surface area contributed by atoms with Crippen LogP contribution in [0.3, 0.4) is 0 Å². The Bertz CT molecular complexity index is 2620. The highest BCUT2D eigenvalue weighted by Gasteiger charge is 2.59. The molecule has 0 saturated carbocycles. The summed E-state index contributed by atoms with van der Waals surface area (Å²) in [5.41, 5.74) is -19.3. The van der Waals surface area contributed by atoms with Crippen LogP contribution >= 0.6 is 0 Å². The lowest BCUT2D eigenvalue weighted by Gasteiger charge is -2.55. The standard InChI is InChI=1S/C50H63BF18NO5.C8H3F6/c1-7-11-13-15-17-19-21-70(33(5)71-23-9-3,22-20-18-16-14-12-8-2)44(6,72-24-10-4)43-41(50(67,68)69)31-38(49(64,65)66)32-42(43)75-51(73-39-27-34(45(52,53)54)25-35(28-39)46(55,56)57)74-40-29-36(47(58,59)60)26-37(30-40)48(61,62)63;9-7(10,11)5-2-1-3-6(4-5)8(12,13)14/h25-33H,7-24H2,1-6H3;2-4H/q+1;-1.